The topological polar surface area (TPSA) is 93.3 Å². The molecular weight excluding hydrogens is 382 g/mol. The molecule has 0 radical (unpaired) electrons. The van der Waals surface area contributed by atoms with E-state index in [1.165, 1.54) is 7.11 Å². The second kappa shape index (κ2) is 8.48. The number of carbonyl (C=O) groups excluding carboxylic acids is 2. The van der Waals surface area contributed by atoms with Crippen LogP contribution in [0.5, 0.6) is 5.75 Å². The molecule has 0 saturated carbocycles. The zero-order valence-corrected chi connectivity index (χ0v) is 16.2. The number of benzene rings is 3. The van der Waals surface area contributed by atoms with Crippen molar-refractivity contribution in [3.8, 4) is 17.1 Å². The standard InChI is InChI=1S/C23H19N3O4/c1-29-20-13-7-6-12-19(20)24-21(27)14-30-23(28)16-9-3-2-8-15(16)22-25-17-10-4-5-11-18(17)26-22/h2-13H,14H2,1H3,(H,24,27)(H,25,26). The molecule has 150 valence electrons. The van der Waals surface area contributed by atoms with Crippen LogP contribution in [-0.4, -0.2) is 35.6 Å². The normalized spacial score (nSPS) is 10.6. The second-order valence-corrected chi connectivity index (χ2v) is 6.47. The fraction of sp³-hybridized carbons (Fsp3) is 0.0870. The summed E-state index contributed by atoms with van der Waals surface area (Å²) in [6, 6.07) is 21.6. The molecule has 7 heteroatoms. The van der Waals surface area contributed by atoms with Gasteiger partial charge in [-0.25, -0.2) is 9.78 Å². The Morgan fingerprint density at radius 3 is 2.53 bits per heavy atom. The van der Waals surface area contributed by atoms with Crippen LogP contribution in [0, 0.1) is 0 Å². The molecule has 0 saturated heterocycles. The maximum Gasteiger partial charge on any atom is 0.339 e. The first-order valence-electron chi connectivity index (χ1n) is 9.30. The van der Waals surface area contributed by atoms with Gasteiger partial charge in [0, 0.05) is 5.56 Å². The van der Waals surface area contributed by atoms with E-state index in [1.807, 2.05) is 30.3 Å². The summed E-state index contributed by atoms with van der Waals surface area (Å²) in [6.07, 6.45) is 0. The van der Waals surface area contributed by atoms with Crippen LogP contribution in [0.2, 0.25) is 0 Å². The SMILES string of the molecule is COc1ccccc1NC(=O)COC(=O)c1ccccc1-c1nc2ccccc2[nH]1. The molecule has 7 nitrogen and oxygen atoms in total. The molecule has 0 aliphatic rings. The van der Waals surface area contributed by atoms with Crippen LogP contribution in [0.25, 0.3) is 22.4 Å². The maximum atomic E-state index is 12.7. The van der Waals surface area contributed by atoms with Crippen molar-refractivity contribution in [2.24, 2.45) is 0 Å². The zero-order chi connectivity index (χ0) is 20.9. The summed E-state index contributed by atoms with van der Waals surface area (Å²) < 4.78 is 10.4. The number of nitrogens with one attached hydrogen (secondary N) is 2. The minimum absolute atomic E-state index is 0.321. The lowest BCUT2D eigenvalue weighted by Crippen LogP contribution is -2.21. The number of rotatable bonds is 6. The van der Waals surface area contributed by atoms with Gasteiger partial charge in [0.25, 0.3) is 5.91 Å². The van der Waals surface area contributed by atoms with Crippen molar-refractivity contribution < 1.29 is 19.1 Å². The summed E-state index contributed by atoms with van der Waals surface area (Å²) in [6.45, 7) is -0.425. The number of fused-ring (bicyclic) bond motifs is 1. The van der Waals surface area contributed by atoms with Gasteiger partial charge >= 0.3 is 5.97 Å². The van der Waals surface area contributed by atoms with Crippen molar-refractivity contribution in [1.29, 1.82) is 0 Å². The summed E-state index contributed by atoms with van der Waals surface area (Å²) in [7, 11) is 1.51. The lowest BCUT2D eigenvalue weighted by atomic mass is 10.1. The van der Waals surface area contributed by atoms with E-state index in [9.17, 15) is 9.59 Å². The van der Waals surface area contributed by atoms with Gasteiger partial charge in [-0.2, -0.15) is 0 Å². The number of hydrogen-bond acceptors (Lipinski definition) is 5. The fourth-order valence-corrected chi connectivity index (χ4v) is 3.09. The maximum absolute atomic E-state index is 12.7. The van der Waals surface area contributed by atoms with Gasteiger partial charge < -0.3 is 19.8 Å². The number of amides is 1. The quantitative estimate of drug-likeness (QED) is 0.476. The number of aromatic amines is 1. The Hall–Kier alpha value is -4.13. The van der Waals surface area contributed by atoms with E-state index in [0.717, 1.165) is 11.0 Å². The third kappa shape index (κ3) is 4.00. The van der Waals surface area contributed by atoms with Crippen molar-refractivity contribution >= 4 is 28.6 Å². The summed E-state index contributed by atoms with van der Waals surface area (Å²) in [5, 5.41) is 2.67. The summed E-state index contributed by atoms with van der Waals surface area (Å²) >= 11 is 0. The Balaban J connectivity index is 1.48. The van der Waals surface area contributed by atoms with E-state index in [0.29, 0.717) is 28.4 Å². The van der Waals surface area contributed by atoms with Crippen LogP contribution in [-0.2, 0) is 9.53 Å². The number of hydrogen-bond donors (Lipinski definition) is 2. The van der Waals surface area contributed by atoms with E-state index < -0.39 is 18.5 Å². The average molecular weight is 401 g/mol. The van der Waals surface area contributed by atoms with Crippen molar-refractivity contribution in [1.82, 2.24) is 9.97 Å². The molecule has 1 aromatic heterocycles. The average Bonchev–Trinajstić information content (AvgIpc) is 3.22. The lowest BCUT2D eigenvalue weighted by Gasteiger charge is -2.11. The number of nitrogens with zero attached hydrogens (tertiary/aromatic N) is 1. The number of para-hydroxylation sites is 4. The molecule has 4 aromatic rings. The molecule has 2 N–H and O–H groups in total. The Bertz CT molecular complexity index is 1180. The van der Waals surface area contributed by atoms with Gasteiger partial charge in [-0.3, -0.25) is 4.79 Å². The van der Waals surface area contributed by atoms with Crippen LogP contribution < -0.4 is 10.1 Å². The first-order valence-corrected chi connectivity index (χ1v) is 9.30. The number of aromatic nitrogens is 2. The number of H-pyrrole nitrogens is 1. The van der Waals surface area contributed by atoms with Gasteiger partial charge in [0.2, 0.25) is 0 Å². The number of methoxy groups -OCH3 is 1. The fourth-order valence-electron chi connectivity index (χ4n) is 3.09. The van der Waals surface area contributed by atoms with Gasteiger partial charge in [-0.05, 0) is 30.3 Å². The highest BCUT2D eigenvalue weighted by molar-refractivity contribution is 5.99. The molecule has 0 bridgehead atoms. The van der Waals surface area contributed by atoms with Gasteiger partial charge in [0.05, 0.1) is 29.4 Å². The number of ether oxygens (including phenoxy) is 2. The van der Waals surface area contributed by atoms with Gasteiger partial charge in [-0.1, -0.05) is 42.5 Å². The van der Waals surface area contributed by atoms with E-state index >= 15 is 0 Å². The molecule has 1 heterocycles. The first kappa shape index (κ1) is 19.2. The Morgan fingerprint density at radius 2 is 1.70 bits per heavy atom. The van der Waals surface area contributed by atoms with Crippen molar-refractivity contribution in [2.45, 2.75) is 0 Å². The van der Waals surface area contributed by atoms with Gasteiger partial charge in [-0.15, -0.1) is 0 Å². The van der Waals surface area contributed by atoms with Crippen LogP contribution in [0.4, 0.5) is 5.69 Å². The van der Waals surface area contributed by atoms with Crippen molar-refractivity contribution in [3.05, 3.63) is 78.4 Å². The smallest absolute Gasteiger partial charge is 0.339 e. The minimum atomic E-state index is -0.610. The van der Waals surface area contributed by atoms with E-state index in [-0.39, 0.29) is 0 Å². The number of anilines is 1. The molecule has 4 rings (SSSR count). The van der Waals surface area contributed by atoms with Crippen LogP contribution in [0.15, 0.2) is 72.8 Å². The minimum Gasteiger partial charge on any atom is -0.495 e. The highest BCUT2D eigenvalue weighted by Crippen LogP contribution is 2.25. The molecular formula is C23H19N3O4. The number of imidazole rings is 1. The first-order chi connectivity index (χ1) is 14.7. The zero-order valence-electron chi connectivity index (χ0n) is 16.2. The largest absolute Gasteiger partial charge is 0.495 e. The summed E-state index contributed by atoms with van der Waals surface area (Å²) in [5.41, 5.74) is 3.09. The third-order valence-corrected chi connectivity index (χ3v) is 4.51. The number of esters is 1. The molecule has 0 aliphatic heterocycles. The third-order valence-electron chi connectivity index (χ3n) is 4.51. The van der Waals surface area contributed by atoms with Crippen LogP contribution in [0.1, 0.15) is 10.4 Å². The number of carbonyl (C=O) groups is 2. The lowest BCUT2D eigenvalue weighted by molar-refractivity contribution is -0.119. The van der Waals surface area contributed by atoms with Gasteiger partial charge in [0.1, 0.15) is 11.6 Å². The predicted octanol–water partition coefficient (Wildman–Crippen LogP) is 4.03. The molecule has 30 heavy (non-hydrogen) atoms. The molecule has 0 aliphatic carbocycles. The van der Waals surface area contributed by atoms with E-state index in [2.05, 4.69) is 15.3 Å². The Kier molecular flexibility index (Phi) is 5.43. The van der Waals surface area contributed by atoms with Gasteiger partial charge in [0.15, 0.2) is 6.61 Å². The molecule has 0 atom stereocenters. The highest BCUT2D eigenvalue weighted by Gasteiger charge is 2.18. The summed E-state index contributed by atoms with van der Waals surface area (Å²) in [5.74, 6) is 0.00457. The second-order valence-electron chi connectivity index (χ2n) is 6.47. The monoisotopic (exact) mass is 401 g/mol. The van der Waals surface area contributed by atoms with Crippen molar-refractivity contribution in [3.63, 3.8) is 0 Å². The summed E-state index contributed by atoms with van der Waals surface area (Å²) in [4.78, 5) is 32.6. The molecule has 0 fully saturated rings. The molecule has 1 amide bonds. The Morgan fingerprint density at radius 1 is 0.967 bits per heavy atom. The van der Waals surface area contributed by atoms with Crippen LogP contribution in [0.3, 0.4) is 0 Å². The van der Waals surface area contributed by atoms with E-state index in [1.54, 1.807) is 42.5 Å². The van der Waals surface area contributed by atoms with Crippen LogP contribution >= 0.6 is 0 Å². The molecule has 3 aromatic carbocycles. The van der Waals surface area contributed by atoms with E-state index in [4.69, 9.17) is 9.47 Å². The highest BCUT2D eigenvalue weighted by atomic mass is 16.5. The molecule has 0 unspecified atom stereocenters. The Labute approximate surface area is 172 Å². The predicted molar refractivity (Wildman–Crippen MR) is 113 cm³/mol. The molecule has 0 spiro atoms. The van der Waals surface area contributed by atoms with Crippen molar-refractivity contribution in [2.75, 3.05) is 19.0 Å².